The molecule has 198 valence electrons. The third-order valence-electron chi connectivity index (χ3n) is 7.52. The number of aromatic nitrogens is 1. The number of hydrogen-bond acceptors (Lipinski definition) is 6. The maximum Gasteiger partial charge on any atom is 0.0998 e. The molecule has 6 aromatic rings. The van der Waals surface area contributed by atoms with E-state index in [0.717, 1.165) is 45.4 Å². The lowest BCUT2D eigenvalue weighted by Gasteiger charge is -2.33. The van der Waals surface area contributed by atoms with Crippen LogP contribution in [0.1, 0.15) is 5.56 Å². The van der Waals surface area contributed by atoms with Crippen molar-refractivity contribution in [2.24, 2.45) is 0 Å². The molecule has 2 aliphatic rings. The third kappa shape index (κ3) is 4.06. The predicted molar refractivity (Wildman–Crippen MR) is 172 cm³/mol. The maximum atomic E-state index is 10.2. The molecule has 0 unspecified atom stereocenters. The van der Waals surface area contributed by atoms with Crippen molar-refractivity contribution in [3.05, 3.63) is 139 Å². The Hall–Kier alpha value is -4.96. The van der Waals surface area contributed by atoms with Crippen molar-refractivity contribution in [3.8, 4) is 17.3 Å². The van der Waals surface area contributed by atoms with Crippen molar-refractivity contribution in [3.63, 3.8) is 0 Å². The van der Waals surface area contributed by atoms with Gasteiger partial charge in [-0.05, 0) is 78.9 Å². The van der Waals surface area contributed by atoms with Gasteiger partial charge < -0.3 is 9.80 Å². The monoisotopic (exact) mass is 574 g/mol. The van der Waals surface area contributed by atoms with Crippen LogP contribution in [-0.2, 0) is 0 Å². The molecule has 0 fully saturated rings. The molecular weight excluding hydrogens is 553 g/mol. The van der Waals surface area contributed by atoms with E-state index in [9.17, 15) is 5.26 Å². The van der Waals surface area contributed by atoms with Crippen LogP contribution in [0.25, 0.3) is 11.3 Å². The number of para-hydroxylation sites is 4. The Balaban J connectivity index is 1.28. The van der Waals surface area contributed by atoms with Gasteiger partial charge in [0.1, 0.15) is 0 Å². The smallest absolute Gasteiger partial charge is 0.0998 e. The van der Waals surface area contributed by atoms with Gasteiger partial charge in [0.15, 0.2) is 0 Å². The fraction of sp³-hybridized carbons (Fsp3) is 0. The summed E-state index contributed by atoms with van der Waals surface area (Å²) in [7, 11) is 0. The molecule has 0 radical (unpaired) electrons. The number of hydrogen-bond donors (Lipinski definition) is 0. The molecular formula is C36H22N4S2. The van der Waals surface area contributed by atoms with Gasteiger partial charge in [-0.3, -0.25) is 4.98 Å². The van der Waals surface area contributed by atoms with Crippen LogP contribution in [0.5, 0.6) is 0 Å². The van der Waals surface area contributed by atoms with Gasteiger partial charge in [-0.25, -0.2) is 0 Å². The summed E-state index contributed by atoms with van der Waals surface area (Å²) in [5.41, 5.74) is 8.64. The van der Waals surface area contributed by atoms with E-state index in [2.05, 4.69) is 125 Å². The molecule has 0 amide bonds. The molecule has 0 saturated carbocycles. The molecule has 0 spiro atoms. The minimum Gasteiger partial charge on any atom is -0.308 e. The second kappa shape index (κ2) is 10.1. The highest BCUT2D eigenvalue weighted by molar-refractivity contribution is 8.00. The number of pyridine rings is 1. The molecule has 42 heavy (non-hydrogen) atoms. The number of benzene rings is 5. The molecule has 0 bridgehead atoms. The molecule has 6 heteroatoms. The van der Waals surface area contributed by atoms with Gasteiger partial charge >= 0.3 is 0 Å². The summed E-state index contributed by atoms with van der Waals surface area (Å²) in [6.07, 6.45) is 1.84. The molecule has 0 atom stereocenters. The zero-order chi connectivity index (χ0) is 28.0. The van der Waals surface area contributed by atoms with Crippen molar-refractivity contribution in [2.45, 2.75) is 19.6 Å². The van der Waals surface area contributed by atoms with E-state index in [1.54, 1.807) is 23.5 Å². The highest BCUT2D eigenvalue weighted by atomic mass is 32.2. The van der Waals surface area contributed by atoms with E-state index in [1.807, 2.05) is 24.4 Å². The van der Waals surface area contributed by atoms with Gasteiger partial charge in [0.05, 0.1) is 40.1 Å². The first-order valence-electron chi connectivity index (χ1n) is 13.6. The van der Waals surface area contributed by atoms with E-state index < -0.39 is 0 Å². The molecule has 2 aliphatic heterocycles. The Morgan fingerprint density at radius 3 is 1.45 bits per heavy atom. The average molecular weight is 575 g/mol. The maximum absolute atomic E-state index is 10.2. The van der Waals surface area contributed by atoms with E-state index >= 15 is 0 Å². The fourth-order valence-electron chi connectivity index (χ4n) is 5.65. The Morgan fingerprint density at radius 1 is 0.524 bits per heavy atom. The van der Waals surface area contributed by atoms with E-state index in [1.165, 1.54) is 19.6 Å². The minimum absolute atomic E-state index is 0.589. The molecule has 8 rings (SSSR count). The van der Waals surface area contributed by atoms with E-state index in [4.69, 9.17) is 4.98 Å². The van der Waals surface area contributed by atoms with Gasteiger partial charge in [0.25, 0.3) is 0 Å². The van der Waals surface area contributed by atoms with Crippen LogP contribution in [0.3, 0.4) is 0 Å². The number of fused-ring (bicyclic) bond motifs is 4. The van der Waals surface area contributed by atoms with Crippen molar-refractivity contribution in [1.82, 2.24) is 4.98 Å². The standard InChI is InChI=1S/C36H22N4S2/c37-23-24-17-18-25(39-29-9-1-5-13-33(29)41-34-14-6-2-10-30(34)39)21-27(24)28-22-26(19-20-38-28)40-31-11-3-7-15-35(31)42-36-16-8-4-12-32(36)40/h1-22H. The number of rotatable bonds is 3. The molecule has 0 aliphatic carbocycles. The van der Waals surface area contributed by atoms with Crippen LogP contribution in [0, 0.1) is 11.3 Å². The predicted octanol–water partition coefficient (Wildman–Crippen LogP) is 10.5. The molecule has 0 N–H and O–H groups in total. The second-order valence-electron chi connectivity index (χ2n) is 9.99. The third-order valence-corrected chi connectivity index (χ3v) is 9.78. The van der Waals surface area contributed by atoms with E-state index in [-0.39, 0.29) is 0 Å². The van der Waals surface area contributed by atoms with Gasteiger partial charge in [0, 0.05) is 42.7 Å². The molecule has 3 heterocycles. The Kier molecular flexibility index (Phi) is 5.99. The first kappa shape index (κ1) is 24.8. The van der Waals surface area contributed by atoms with Crippen molar-refractivity contribution < 1.29 is 0 Å². The highest BCUT2D eigenvalue weighted by Crippen LogP contribution is 2.53. The van der Waals surface area contributed by atoms with Crippen molar-refractivity contribution in [1.29, 1.82) is 5.26 Å². The zero-order valence-corrected chi connectivity index (χ0v) is 23.9. The van der Waals surface area contributed by atoms with Crippen LogP contribution in [-0.4, -0.2) is 4.98 Å². The van der Waals surface area contributed by atoms with Crippen LogP contribution >= 0.6 is 23.5 Å². The second-order valence-corrected chi connectivity index (χ2v) is 12.2. The summed E-state index contributed by atoms with van der Waals surface area (Å²) >= 11 is 3.57. The topological polar surface area (TPSA) is 43.2 Å². The van der Waals surface area contributed by atoms with Gasteiger partial charge in [-0.1, -0.05) is 72.1 Å². The van der Waals surface area contributed by atoms with Crippen LogP contribution in [0.4, 0.5) is 34.1 Å². The number of nitriles is 1. The number of nitrogens with zero attached hydrogens (tertiary/aromatic N) is 4. The van der Waals surface area contributed by atoms with Crippen LogP contribution < -0.4 is 9.80 Å². The van der Waals surface area contributed by atoms with Crippen LogP contribution in [0.2, 0.25) is 0 Å². The lowest BCUT2D eigenvalue weighted by molar-refractivity contribution is 1.15. The quantitative estimate of drug-likeness (QED) is 0.209. The zero-order valence-electron chi connectivity index (χ0n) is 22.3. The van der Waals surface area contributed by atoms with Crippen molar-refractivity contribution >= 4 is 57.6 Å². The van der Waals surface area contributed by atoms with Crippen LogP contribution in [0.15, 0.2) is 153 Å². The molecule has 0 saturated heterocycles. The lowest BCUT2D eigenvalue weighted by Crippen LogP contribution is -2.15. The Labute approximate surface area is 252 Å². The minimum atomic E-state index is 0.589. The normalized spacial score (nSPS) is 12.9. The Morgan fingerprint density at radius 2 is 0.976 bits per heavy atom. The lowest BCUT2D eigenvalue weighted by atomic mass is 10.0. The molecule has 5 aromatic carbocycles. The fourth-order valence-corrected chi connectivity index (χ4v) is 7.77. The Bertz CT molecular complexity index is 1960. The average Bonchev–Trinajstić information content (AvgIpc) is 3.05. The summed E-state index contributed by atoms with van der Waals surface area (Å²) in [6.45, 7) is 0. The first-order valence-corrected chi connectivity index (χ1v) is 15.2. The SMILES string of the molecule is N#Cc1ccc(N2c3ccccc3Sc3ccccc32)cc1-c1cc(N2c3ccccc3Sc3ccccc32)ccn1. The van der Waals surface area contributed by atoms with Crippen molar-refractivity contribution in [2.75, 3.05) is 9.80 Å². The summed E-state index contributed by atoms with van der Waals surface area (Å²) in [5.74, 6) is 0. The summed E-state index contributed by atoms with van der Waals surface area (Å²) in [6, 6.07) is 46.4. The first-order chi connectivity index (χ1) is 20.8. The largest absolute Gasteiger partial charge is 0.308 e. The summed E-state index contributed by atoms with van der Waals surface area (Å²) in [4.78, 5) is 14.2. The van der Waals surface area contributed by atoms with Gasteiger partial charge in [0.2, 0.25) is 0 Å². The number of anilines is 6. The summed E-state index contributed by atoms with van der Waals surface area (Å²) < 4.78 is 0. The summed E-state index contributed by atoms with van der Waals surface area (Å²) in [5, 5.41) is 10.2. The highest BCUT2D eigenvalue weighted by Gasteiger charge is 2.27. The molecule has 1 aromatic heterocycles. The van der Waals surface area contributed by atoms with Gasteiger partial charge in [-0.15, -0.1) is 0 Å². The van der Waals surface area contributed by atoms with Gasteiger partial charge in [-0.2, -0.15) is 5.26 Å². The van der Waals surface area contributed by atoms with E-state index in [0.29, 0.717) is 5.56 Å². The molecule has 4 nitrogen and oxygen atoms in total.